The van der Waals surface area contributed by atoms with Gasteiger partial charge in [0.05, 0.1) is 39.5 Å². The third-order valence-corrected chi connectivity index (χ3v) is 14.3. The SMILES string of the molecule is COC(=O)c1cc2ccc(OC)cc2n(CCN2CCC(NCc3ccc4c(c3)OCCO4)CC2)c1=O.COC(=O)c1cc2ccc(OC)cc2n(CCN2CCC(NCc3ccc4c(c3)OCCO4)CC2)c1=O. The van der Waals surface area contributed by atoms with E-state index in [1.165, 1.54) is 25.3 Å². The molecule has 0 radical (unpaired) electrons. The molecule has 6 aromatic rings. The molecule has 2 saturated heterocycles. The van der Waals surface area contributed by atoms with Crippen LogP contribution in [-0.4, -0.2) is 137 Å². The molecule has 0 saturated carbocycles. The van der Waals surface area contributed by atoms with Gasteiger partial charge in [-0.25, -0.2) is 9.59 Å². The number of aromatic nitrogens is 2. The van der Waals surface area contributed by atoms with Gasteiger partial charge in [-0.1, -0.05) is 12.1 Å². The molecule has 18 nitrogen and oxygen atoms in total. The second-order valence-corrected chi connectivity index (χ2v) is 18.8. The molecule has 18 heteroatoms. The summed E-state index contributed by atoms with van der Waals surface area (Å²) in [4.78, 5) is 55.6. The zero-order valence-corrected chi connectivity index (χ0v) is 42.7. The number of hydrogen-bond donors (Lipinski definition) is 2. The summed E-state index contributed by atoms with van der Waals surface area (Å²) < 4.78 is 46.3. The average Bonchev–Trinajstić information content (AvgIpc) is 3.45. The summed E-state index contributed by atoms with van der Waals surface area (Å²) in [5.74, 6) is 3.33. The first-order valence-electron chi connectivity index (χ1n) is 25.4. The monoisotopic (exact) mass is 1010 g/mol. The minimum atomic E-state index is -0.624. The van der Waals surface area contributed by atoms with Crippen molar-refractivity contribution in [3.63, 3.8) is 0 Å². The molecule has 2 fully saturated rings. The Bertz CT molecular complexity index is 2860. The van der Waals surface area contributed by atoms with E-state index in [0.29, 0.717) is 76.2 Å². The smallest absolute Gasteiger partial charge is 0.343 e. The molecular formula is C56H66N6O12. The Hall–Kier alpha value is -7.12. The van der Waals surface area contributed by atoms with Crippen molar-refractivity contribution in [2.75, 3.05) is 94.1 Å². The van der Waals surface area contributed by atoms with Gasteiger partial charge in [-0.3, -0.25) is 9.59 Å². The molecule has 10 rings (SSSR count). The number of fused-ring (bicyclic) bond motifs is 4. The van der Waals surface area contributed by atoms with Crippen LogP contribution in [-0.2, 0) is 35.7 Å². The van der Waals surface area contributed by atoms with Crippen molar-refractivity contribution in [1.82, 2.24) is 29.6 Å². The number of carbonyl (C=O) groups excluding carboxylic acids is 2. The molecule has 4 aliphatic heterocycles. The minimum absolute atomic E-state index is 0.0437. The number of esters is 2. The van der Waals surface area contributed by atoms with Gasteiger partial charge in [0, 0.05) is 63.5 Å². The maximum absolute atomic E-state index is 13.2. The van der Waals surface area contributed by atoms with E-state index in [-0.39, 0.29) is 22.2 Å². The van der Waals surface area contributed by atoms with E-state index >= 15 is 0 Å². The number of ether oxygens (including phenoxy) is 8. The van der Waals surface area contributed by atoms with Gasteiger partial charge < -0.3 is 67.5 Å². The Balaban J connectivity index is 0.000000182. The molecule has 0 aliphatic carbocycles. The fourth-order valence-electron chi connectivity index (χ4n) is 10.0. The predicted octanol–water partition coefficient (Wildman–Crippen LogP) is 5.64. The number of methoxy groups -OCH3 is 4. The summed E-state index contributed by atoms with van der Waals surface area (Å²) in [7, 11) is 5.77. The first-order chi connectivity index (χ1) is 36.1. The molecule has 74 heavy (non-hydrogen) atoms. The van der Waals surface area contributed by atoms with Crippen LogP contribution in [0.4, 0.5) is 0 Å². The van der Waals surface area contributed by atoms with E-state index in [2.05, 4.69) is 44.7 Å². The van der Waals surface area contributed by atoms with Crippen LogP contribution in [0.5, 0.6) is 34.5 Å². The van der Waals surface area contributed by atoms with Gasteiger partial charge in [0.1, 0.15) is 49.1 Å². The number of benzene rings is 4. The lowest BCUT2D eigenvalue weighted by atomic mass is 10.0. The zero-order valence-electron chi connectivity index (χ0n) is 42.7. The molecule has 392 valence electrons. The van der Waals surface area contributed by atoms with Crippen molar-refractivity contribution >= 4 is 33.7 Å². The van der Waals surface area contributed by atoms with Crippen LogP contribution in [0, 0.1) is 0 Å². The molecule has 0 bridgehead atoms. The lowest BCUT2D eigenvalue weighted by Gasteiger charge is -2.32. The Labute approximate surface area is 429 Å². The fraction of sp³-hybridized carbons (Fsp3) is 0.429. The highest BCUT2D eigenvalue weighted by Crippen LogP contribution is 2.32. The van der Waals surface area contributed by atoms with Crippen LogP contribution in [0.1, 0.15) is 57.5 Å². The number of likely N-dealkylation sites (tertiary alicyclic amines) is 2. The molecule has 2 N–H and O–H groups in total. The molecule has 4 aliphatic rings. The quantitative estimate of drug-likeness (QED) is 0.114. The molecule has 0 unspecified atom stereocenters. The van der Waals surface area contributed by atoms with Gasteiger partial charge >= 0.3 is 11.9 Å². The Kier molecular flexibility index (Phi) is 17.0. The van der Waals surface area contributed by atoms with Crippen LogP contribution in [0.2, 0.25) is 0 Å². The van der Waals surface area contributed by atoms with Gasteiger partial charge in [0.2, 0.25) is 0 Å². The van der Waals surface area contributed by atoms with E-state index in [0.717, 1.165) is 110 Å². The third-order valence-electron chi connectivity index (χ3n) is 14.3. The number of hydrogen-bond acceptors (Lipinski definition) is 16. The van der Waals surface area contributed by atoms with E-state index in [1.54, 1.807) is 35.5 Å². The highest BCUT2D eigenvalue weighted by atomic mass is 16.6. The summed E-state index contributed by atoms with van der Waals surface area (Å²) >= 11 is 0. The van der Waals surface area contributed by atoms with Gasteiger partial charge in [-0.15, -0.1) is 0 Å². The predicted molar refractivity (Wildman–Crippen MR) is 280 cm³/mol. The second kappa shape index (κ2) is 24.3. The topological polar surface area (TPSA) is 183 Å². The molecule has 2 aromatic heterocycles. The van der Waals surface area contributed by atoms with E-state index < -0.39 is 11.9 Å². The number of nitrogens with zero attached hydrogens (tertiary/aromatic N) is 4. The largest absolute Gasteiger partial charge is 0.497 e. The summed E-state index contributed by atoms with van der Waals surface area (Å²) in [5, 5.41) is 8.92. The van der Waals surface area contributed by atoms with E-state index in [9.17, 15) is 19.2 Å². The van der Waals surface area contributed by atoms with Gasteiger partial charge in [-0.2, -0.15) is 0 Å². The van der Waals surface area contributed by atoms with Gasteiger partial charge in [0.25, 0.3) is 11.1 Å². The second-order valence-electron chi connectivity index (χ2n) is 18.8. The summed E-state index contributed by atoms with van der Waals surface area (Å²) in [6, 6.07) is 27.3. The minimum Gasteiger partial charge on any atom is -0.497 e. The molecule has 0 atom stereocenters. The highest BCUT2D eigenvalue weighted by Gasteiger charge is 2.24. The average molecular weight is 1020 g/mol. The van der Waals surface area contributed by atoms with Crippen molar-refractivity contribution in [3.05, 3.63) is 128 Å². The molecule has 0 amide bonds. The zero-order chi connectivity index (χ0) is 51.6. The Morgan fingerprint density at radius 3 is 1.27 bits per heavy atom. The number of pyridine rings is 2. The normalized spacial score (nSPS) is 16.1. The van der Waals surface area contributed by atoms with Crippen LogP contribution >= 0.6 is 0 Å². The van der Waals surface area contributed by atoms with Crippen molar-refractivity contribution in [2.45, 2.75) is 63.9 Å². The van der Waals surface area contributed by atoms with Crippen molar-refractivity contribution < 1.29 is 47.5 Å². The van der Waals surface area contributed by atoms with Gasteiger partial charge in [0.15, 0.2) is 23.0 Å². The van der Waals surface area contributed by atoms with Crippen LogP contribution in [0.25, 0.3) is 21.8 Å². The number of carbonyl (C=O) groups is 2. The maximum atomic E-state index is 13.2. The van der Waals surface area contributed by atoms with Crippen LogP contribution in [0.15, 0.2) is 94.5 Å². The first kappa shape index (κ1) is 51.8. The van der Waals surface area contributed by atoms with E-state index in [1.807, 2.05) is 48.5 Å². The number of nitrogens with one attached hydrogen (secondary N) is 2. The van der Waals surface area contributed by atoms with Gasteiger partial charge in [-0.05, 0) is 134 Å². The highest BCUT2D eigenvalue weighted by molar-refractivity contribution is 5.95. The number of piperidine rings is 2. The Morgan fingerprint density at radius 2 is 0.892 bits per heavy atom. The van der Waals surface area contributed by atoms with Crippen molar-refractivity contribution in [1.29, 1.82) is 0 Å². The molecule has 6 heterocycles. The first-order valence-corrected chi connectivity index (χ1v) is 25.4. The Morgan fingerprint density at radius 1 is 0.500 bits per heavy atom. The van der Waals surface area contributed by atoms with Crippen molar-refractivity contribution in [3.8, 4) is 34.5 Å². The lowest BCUT2D eigenvalue weighted by Crippen LogP contribution is -2.43. The standard InChI is InChI=1S/2C28H33N3O6/c2*1-34-22-5-4-20-16-23(28(33)35-2)27(32)31(24(20)17-22)12-11-30-9-7-21(8-10-30)29-18-19-3-6-25-26(15-19)37-14-13-36-25/h2*3-6,15-17,21,29H,7-14,18H2,1-2H3. The lowest BCUT2D eigenvalue weighted by molar-refractivity contribution is 0.0589. The van der Waals surface area contributed by atoms with Crippen molar-refractivity contribution in [2.24, 2.45) is 0 Å². The fourth-order valence-corrected chi connectivity index (χ4v) is 10.0. The summed E-state index contributed by atoms with van der Waals surface area (Å²) in [6.07, 6.45) is 4.10. The van der Waals surface area contributed by atoms with Crippen LogP contribution < -0.4 is 50.2 Å². The molecule has 4 aromatic carbocycles. The number of rotatable bonds is 16. The summed E-state index contributed by atoms with van der Waals surface area (Å²) in [5.41, 5.74) is 3.25. The molecule has 0 spiro atoms. The molecular weight excluding hydrogens is 949 g/mol. The van der Waals surface area contributed by atoms with Crippen LogP contribution in [0.3, 0.4) is 0 Å². The third kappa shape index (κ3) is 12.3. The maximum Gasteiger partial charge on any atom is 0.343 e. The van der Waals surface area contributed by atoms with E-state index in [4.69, 9.17) is 37.9 Å². The summed E-state index contributed by atoms with van der Waals surface area (Å²) in [6.45, 7) is 10.1.